The molecule has 2 heterocycles. The number of halogens is 3. The summed E-state index contributed by atoms with van der Waals surface area (Å²) in [4.78, 5) is 11.3. The number of benzene rings is 2. The fourth-order valence-corrected chi connectivity index (χ4v) is 4.40. The summed E-state index contributed by atoms with van der Waals surface area (Å²) in [5.74, 6) is -0.656. The van der Waals surface area contributed by atoms with Gasteiger partial charge in [-0.05, 0) is 61.4 Å². The summed E-state index contributed by atoms with van der Waals surface area (Å²) in [6.07, 6.45) is 0.811. The molecular formula is C22H16F3N3S. The molecule has 0 aliphatic heterocycles. The first-order chi connectivity index (χ1) is 14.0. The molecule has 0 unspecified atom stereocenters. The molecule has 7 heteroatoms. The number of hydrogen-bond donors (Lipinski definition) is 1. The quantitative estimate of drug-likeness (QED) is 0.444. The lowest BCUT2D eigenvalue weighted by molar-refractivity contribution is 0.507. The standard InChI is InChI=1S/C22H16F3N3S/c1-11-8-16-21(26-19-10-15(19)13-4-7-17(24)18(25)9-13)27-20(28-22(16)29-11)12-2-5-14(23)6-3-12/h2-9,15,19H,10H2,1H3,(H,26,27,28)/t15-,19+/m0/s1. The Morgan fingerprint density at radius 1 is 0.966 bits per heavy atom. The highest BCUT2D eigenvalue weighted by atomic mass is 32.1. The highest BCUT2D eigenvalue weighted by Crippen LogP contribution is 2.44. The maximum Gasteiger partial charge on any atom is 0.163 e. The molecule has 1 saturated carbocycles. The molecule has 2 aromatic heterocycles. The lowest BCUT2D eigenvalue weighted by atomic mass is 10.1. The summed E-state index contributed by atoms with van der Waals surface area (Å²) in [6, 6.07) is 12.2. The minimum absolute atomic E-state index is 0.0826. The average Bonchev–Trinajstić information content (AvgIpc) is 3.35. The molecule has 29 heavy (non-hydrogen) atoms. The molecule has 1 N–H and O–H groups in total. The van der Waals surface area contributed by atoms with Gasteiger partial charge >= 0.3 is 0 Å². The summed E-state index contributed by atoms with van der Waals surface area (Å²) >= 11 is 1.57. The topological polar surface area (TPSA) is 37.8 Å². The van der Waals surface area contributed by atoms with E-state index in [0.29, 0.717) is 11.6 Å². The number of rotatable bonds is 4. The van der Waals surface area contributed by atoms with Crippen molar-refractivity contribution < 1.29 is 13.2 Å². The SMILES string of the molecule is Cc1cc2c(N[C@@H]3C[C@H]3c3ccc(F)c(F)c3)nc(-c3ccc(F)cc3)nc2s1. The van der Waals surface area contributed by atoms with Crippen LogP contribution >= 0.6 is 11.3 Å². The number of fused-ring (bicyclic) bond motifs is 1. The summed E-state index contributed by atoms with van der Waals surface area (Å²) in [6.45, 7) is 2.01. The van der Waals surface area contributed by atoms with Crippen LogP contribution in [0.3, 0.4) is 0 Å². The van der Waals surface area contributed by atoms with Crippen molar-refractivity contribution >= 4 is 27.4 Å². The zero-order valence-corrected chi connectivity index (χ0v) is 16.2. The number of nitrogens with one attached hydrogen (secondary N) is 1. The van der Waals surface area contributed by atoms with Gasteiger partial charge in [0, 0.05) is 22.4 Å². The third-order valence-electron chi connectivity index (χ3n) is 5.10. The molecule has 0 bridgehead atoms. The third-order valence-corrected chi connectivity index (χ3v) is 6.05. The van der Waals surface area contributed by atoms with Gasteiger partial charge < -0.3 is 5.32 Å². The van der Waals surface area contributed by atoms with Crippen LogP contribution in [-0.2, 0) is 0 Å². The van der Waals surface area contributed by atoms with E-state index in [2.05, 4.69) is 15.3 Å². The Bertz CT molecular complexity index is 1220. The number of nitrogens with zero attached hydrogens (tertiary/aromatic N) is 2. The largest absolute Gasteiger partial charge is 0.366 e. The monoisotopic (exact) mass is 411 g/mol. The van der Waals surface area contributed by atoms with Crippen LogP contribution in [0.1, 0.15) is 22.8 Å². The van der Waals surface area contributed by atoms with Crippen LogP contribution in [0.25, 0.3) is 21.6 Å². The molecule has 3 nitrogen and oxygen atoms in total. The number of anilines is 1. The molecule has 0 amide bonds. The molecule has 1 aliphatic rings. The van der Waals surface area contributed by atoms with Crippen LogP contribution < -0.4 is 5.32 Å². The highest BCUT2D eigenvalue weighted by Gasteiger charge is 2.39. The lowest BCUT2D eigenvalue weighted by Crippen LogP contribution is -2.07. The van der Waals surface area contributed by atoms with Crippen molar-refractivity contribution in [2.45, 2.75) is 25.3 Å². The van der Waals surface area contributed by atoms with Crippen molar-refractivity contribution in [2.75, 3.05) is 5.32 Å². The van der Waals surface area contributed by atoms with Gasteiger partial charge in [-0.15, -0.1) is 11.3 Å². The summed E-state index contributed by atoms with van der Waals surface area (Å²) in [5, 5.41) is 4.37. The van der Waals surface area contributed by atoms with Crippen LogP contribution in [0.15, 0.2) is 48.5 Å². The van der Waals surface area contributed by atoms with Gasteiger partial charge in [0.1, 0.15) is 16.5 Å². The third kappa shape index (κ3) is 3.46. The first kappa shape index (κ1) is 18.1. The predicted octanol–water partition coefficient (Wildman–Crippen LogP) is 6.05. The van der Waals surface area contributed by atoms with Crippen molar-refractivity contribution in [3.05, 3.63) is 76.4 Å². The van der Waals surface area contributed by atoms with E-state index < -0.39 is 11.6 Å². The fraction of sp³-hybridized carbons (Fsp3) is 0.182. The molecule has 4 aromatic rings. The minimum atomic E-state index is -0.839. The van der Waals surface area contributed by atoms with Gasteiger partial charge in [0.05, 0.1) is 5.39 Å². The van der Waals surface area contributed by atoms with E-state index in [1.165, 1.54) is 18.2 Å². The second-order valence-electron chi connectivity index (χ2n) is 7.25. The van der Waals surface area contributed by atoms with Gasteiger partial charge in [0.15, 0.2) is 17.5 Å². The van der Waals surface area contributed by atoms with Gasteiger partial charge in [-0.2, -0.15) is 0 Å². The van der Waals surface area contributed by atoms with Crippen molar-refractivity contribution in [1.29, 1.82) is 0 Å². The number of thiophene rings is 1. The lowest BCUT2D eigenvalue weighted by Gasteiger charge is -2.09. The Morgan fingerprint density at radius 3 is 2.52 bits per heavy atom. The zero-order chi connectivity index (χ0) is 20.1. The predicted molar refractivity (Wildman–Crippen MR) is 109 cm³/mol. The number of hydrogen-bond acceptors (Lipinski definition) is 4. The Balaban J connectivity index is 1.48. The van der Waals surface area contributed by atoms with E-state index in [4.69, 9.17) is 0 Å². The Morgan fingerprint density at radius 2 is 1.76 bits per heavy atom. The van der Waals surface area contributed by atoms with E-state index in [9.17, 15) is 13.2 Å². The summed E-state index contributed by atoms with van der Waals surface area (Å²) < 4.78 is 40.0. The van der Waals surface area contributed by atoms with Gasteiger partial charge in [0.25, 0.3) is 0 Å². The van der Waals surface area contributed by atoms with Crippen molar-refractivity contribution in [3.8, 4) is 11.4 Å². The molecule has 1 fully saturated rings. The number of aryl methyl sites for hydroxylation is 1. The molecule has 1 aliphatic carbocycles. The average molecular weight is 411 g/mol. The molecule has 5 rings (SSSR count). The number of aromatic nitrogens is 2. The maximum absolute atomic E-state index is 13.6. The van der Waals surface area contributed by atoms with E-state index in [1.807, 2.05) is 13.0 Å². The van der Waals surface area contributed by atoms with Crippen LogP contribution in [-0.4, -0.2) is 16.0 Å². The van der Waals surface area contributed by atoms with Gasteiger partial charge in [-0.1, -0.05) is 6.07 Å². The second-order valence-corrected chi connectivity index (χ2v) is 8.48. The zero-order valence-electron chi connectivity index (χ0n) is 15.4. The smallest absolute Gasteiger partial charge is 0.163 e. The summed E-state index contributed by atoms with van der Waals surface area (Å²) in [7, 11) is 0. The van der Waals surface area contributed by atoms with Crippen LogP contribution in [0.2, 0.25) is 0 Å². The van der Waals surface area contributed by atoms with Crippen molar-refractivity contribution in [1.82, 2.24) is 9.97 Å². The Hall–Kier alpha value is -2.93. The molecule has 0 spiro atoms. The molecule has 146 valence electrons. The fourth-order valence-electron chi connectivity index (χ4n) is 3.52. The van der Waals surface area contributed by atoms with Crippen molar-refractivity contribution in [3.63, 3.8) is 0 Å². The molecular weight excluding hydrogens is 395 g/mol. The maximum atomic E-state index is 13.6. The van der Waals surface area contributed by atoms with Gasteiger partial charge in [0.2, 0.25) is 0 Å². The van der Waals surface area contributed by atoms with E-state index in [0.717, 1.165) is 38.7 Å². The molecule has 2 aromatic carbocycles. The normalized spacial score (nSPS) is 18.2. The summed E-state index contributed by atoms with van der Waals surface area (Å²) in [5.41, 5.74) is 1.50. The molecule has 2 atom stereocenters. The van der Waals surface area contributed by atoms with Crippen molar-refractivity contribution in [2.24, 2.45) is 0 Å². The Labute approximate surface area is 169 Å². The van der Waals surface area contributed by atoms with E-state index in [-0.39, 0.29) is 17.8 Å². The minimum Gasteiger partial charge on any atom is -0.366 e. The van der Waals surface area contributed by atoms with E-state index >= 15 is 0 Å². The van der Waals surface area contributed by atoms with Gasteiger partial charge in [-0.3, -0.25) is 0 Å². The molecule has 0 saturated heterocycles. The Kier molecular flexibility index (Phi) is 4.28. The first-order valence-electron chi connectivity index (χ1n) is 9.23. The van der Waals surface area contributed by atoms with E-state index in [1.54, 1.807) is 29.5 Å². The van der Waals surface area contributed by atoms with Crippen LogP contribution in [0.5, 0.6) is 0 Å². The van der Waals surface area contributed by atoms with Crippen LogP contribution in [0.4, 0.5) is 19.0 Å². The van der Waals surface area contributed by atoms with Crippen LogP contribution in [0, 0.1) is 24.4 Å². The van der Waals surface area contributed by atoms with Gasteiger partial charge in [-0.25, -0.2) is 23.1 Å². The highest BCUT2D eigenvalue weighted by molar-refractivity contribution is 7.18. The second kappa shape index (κ2) is 6.84. The molecule has 0 radical (unpaired) electrons. The first-order valence-corrected chi connectivity index (χ1v) is 10.1.